The van der Waals surface area contributed by atoms with E-state index in [0.717, 1.165) is 18.5 Å². The van der Waals surface area contributed by atoms with Gasteiger partial charge in [0.1, 0.15) is 11.6 Å². The van der Waals surface area contributed by atoms with Crippen molar-refractivity contribution in [2.24, 2.45) is 11.8 Å². The molecular weight excluding hydrogens is 220 g/mol. The van der Waals surface area contributed by atoms with Crippen LogP contribution in [-0.2, 0) is 0 Å². The number of hydrogen-bond acceptors (Lipinski definition) is 1. The zero-order valence-electron chi connectivity index (χ0n) is 10.3. The topological polar surface area (TPSA) is 12.0 Å². The van der Waals surface area contributed by atoms with Crippen LogP contribution in [-0.4, -0.2) is 6.54 Å². The molecule has 0 bridgehead atoms. The van der Waals surface area contributed by atoms with Crippen molar-refractivity contribution in [3.05, 3.63) is 35.4 Å². The second-order valence-electron chi connectivity index (χ2n) is 5.11. The van der Waals surface area contributed by atoms with Crippen LogP contribution in [0.15, 0.2) is 18.2 Å². The first-order valence-electron chi connectivity index (χ1n) is 6.26. The Morgan fingerprint density at radius 2 is 2.00 bits per heavy atom. The van der Waals surface area contributed by atoms with Crippen LogP contribution in [0.1, 0.15) is 38.3 Å². The Hall–Kier alpha value is -0.960. The second kappa shape index (κ2) is 5.13. The number of nitrogens with one attached hydrogen (secondary N) is 1. The van der Waals surface area contributed by atoms with E-state index in [4.69, 9.17) is 0 Å². The Kier molecular flexibility index (Phi) is 3.77. The molecule has 2 atom stereocenters. The molecule has 1 aliphatic rings. The molecule has 1 fully saturated rings. The molecule has 0 radical (unpaired) electrons. The van der Waals surface area contributed by atoms with Crippen molar-refractivity contribution in [2.75, 3.05) is 6.54 Å². The molecule has 94 valence electrons. The summed E-state index contributed by atoms with van der Waals surface area (Å²) in [6.07, 6.45) is 2.62. The van der Waals surface area contributed by atoms with Crippen molar-refractivity contribution < 1.29 is 8.78 Å². The summed E-state index contributed by atoms with van der Waals surface area (Å²) in [5.41, 5.74) is 0.410. The molecule has 1 aromatic carbocycles. The Bertz CT molecular complexity index is 388. The van der Waals surface area contributed by atoms with Crippen molar-refractivity contribution >= 4 is 0 Å². The van der Waals surface area contributed by atoms with Crippen molar-refractivity contribution in [3.63, 3.8) is 0 Å². The number of hydrogen-bond donors (Lipinski definition) is 1. The lowest BCUT2D eigenvalue weighted by Crippen LogP contribution is -2.26. The minimum absolute atomic E-state index is 0.146. The first-order valence-corrected chi connectivity index (χ1v) is 6.26. The summed E-state index contributed by atoms with van der Waals surface area (Å²) in [6.45, 7) is 4.94. The van der Waals surface area contributed by atoms with Gasteiger partial charge in [0.2, 0.25) is 0 Å². The van der Waals surface area contributed by atoms with E-state index >= 15 is 0 Å². The monoisotopic (exact) mass is 239 g/mol. The van der Waals surface area contributed by atoms with E-state index in [0.29, 0.717) is 11.5 Å². The lowest BCUT2D eigenvalue weighted by molar-refractivity contribution is 0.423. The third kappa shape index (κ3) is 3.25. The van der Waals surface area contributed by atoms with Crippen molar-refractivity contribution in [3.8, 4) is 0 Å². The smallest absolute Gasteiger partial charge is 0.128 e. The molecule has 1 aromatic rings. The van der Waals surface area contributed by atoms with Crippen LogP contribution in [0.2, 0.25) is 0 Å². The summed E-state index contributed by atoms with van der Waals surface area (Å²) in [5.74, 6) is 0.719. The predicted molar refractivity (Wildman–Crippen MR) is 64.7 cm³/mol. The Labute approximate surface area is 101 Å². The van der Waals surface area contributed by atoms with Crippen LogP contribution in [0.25, 0.3) is 0 Å². The molecule has 17 heavy (non-hydrogen) atoms. The zero-order valence-corrected chi connectivity index (χ0v) is 10.3. The van der Waals surface area contributed by atoms with Gasteiger partial charge < -0.3 is 5.32 Å². The molecule has 0 saturated heterocycles. The molecular formula is C14H19F2N. The average molecular weight is 239 g/mol. The molecule has 2 unspecified atom stereocenters. The van der Waals surface area contributed by atoms with Crippen molar-refractivity contribution in [2.45, 2.75) is 32.7 Å². The highest BCUT2D eigenvalue weighted by Gasteiger charge is 2.27. The first-order chi connectivity index (χ1) is 8.08. The van der Waals surface area contributed by atoms with Crippen LogP contribution in [0.5, 0.6) is 0 Å². The third-order valence-electron chi connectivity index (χ3n) is 3.60. The Morgan fingerprint density at radius 1 is 1.29 bits per heavy atom. The fraction of sp³-hybridized carbons (Fsp3) is 0.571. The first kappa shape index (κ1) is 12.5. The van der Waals surface area contributed by atoms with Gasteiger partial charge >= 0.3 is 0 Å². The zero-order chi connectivity index (χ0) is 12.4. The molecule has 1 N–H and O–H groups in total. The summed E-state index contributed by atoms with van der Waals surface area (Å²) in [7, 11) is 0. The van der Waals surface area contributed by atoms with Gasteiger partial charge in [-0.05, 0) is 56.3 Å². The van der Waals surface area contributed by atoms with Gasteiger partial charge in [-0.2, -0.15) is 0 Å². The summed E-state index contributed by atoms with van der Waals surface area (Å²) < 4.78 is 26.6. The molecule has 1 aliphatic carbocycles. The second-order valence-corrected chi connectivity index (χ2v) is 5.11. The average Bonchev–Trinajstić information content (AvgIpc) is 3.12. The van der Waals surface area contributed by atoms with E-state index in [-0.39, 0.29) is 17.7 Å². The fourth-order valence-electron chi connectivity index (χ4n) is 2.15. The van der Waals surface area contributed by atoms with Gasteiger partial charge in [-0.1, -0.05) is 6.92 Å². The number of halogens is 2. The minimum atomic E-state index is -0.384. The van der Waals surface area contributed by atoms with E-state index in [1.54, 1.807) is 0 Å². The fourth-order valence-corrected chi connectivity index (χ4v) is 2.15. The minimum Gasteiger partial charge on any atom is -0.310 e. The maximum absolute atomic E-state index is 13.5. The van der Waals surface area contributed by atoms with Gasteiger partial charge in [0.15, 0.2) is 0 Å². The maximum atomic E-state index is 13.5. The Morgan fingerprint density at radius 3 is 2.65 bits per heavy atom. The largest absolute Gasteiger partial charge is 0.310 e. The molecule has 0 amide bonds. The van der Waals surface area contributed by atoms with E-state index in [1.807, 2.05) is 6.92 Å². The standard InChI is InChI=1S/C14H19F2N/c1-9(11-3-4-11)8-17-10(2)13-7-12(15)5-6-14(13)16/h5-7,9-11,17H,3-4,8H2,1-2H3. The lowest BCUT2D eigenvalue weighted by Gasteiger charge is -2.18. The third-order valence-corrected chi connectivity index (χ3v) is 3.60. The molecule has 1 nitrogen and oxygen atoms in total. The molecule has 0 heterocycles. The van der Waals surface area contributed by atoms with Gasteiger partial charge in [-0.3, -0.25) is 0 Å². The van der Waals surface area contributed by atoms with E-state index in [9.17, 15) is 8.78 Å². The van der Waals surface area contributed by atoms with E-state index in [2.05, 4.69) is 12.2 Å². The van der Waals surface area contributed by atoms with E-state index < -0.39 is 0 Å². The highest BCUT2D eigenvalue weighted by molar-refractivity contribution is 5.21. The van der Waals surface area contributed by atoms with Crippen LogP contribution in [0.3, 0.4) is 0 Å². The molecule has 1 saturated carbocycles. The van der Waals surface area contributed by atoms with Crippen molar-refractivity contribution in [1.82, 2.24) is 5.32 Å². The van der Waals surface area contributed by atoms with Crippen LogP contribution < -0.4 is 5.32 Å². The summed E-state index contributed by atoms with van der Waals surface area (Å²) >= 11 is 0. The van der Waals surface area contributed by atoms with Crippen LogP contribution in [0, 0.1) is 23.5 Å². The normalized spacial score (nSPS) is 19.1. The highest BCUT2D eigenvalue weighted by atomic mass is 19.1. The lowest BCUT2D eigenvalue weighted by atomic mass is 10.0. The summed E-state index contributed by atoms with van der Waals surface area (Å²) in [6, 6.07) is 3.47. The SMILES string of the molecule is CC(NCC(C)C1CC1)c1cc(F)ccc1F. The summed E-state index contributed by atoms with van der Waals surface area (Å²) in [5, 5.41) is 3.28. The van der Waals surface area contributed by atoms with Gasteiger partial charge in [0.05, 0.1) is 0 Å². The van der Waals surface area contributed by atoms with Gasteiger partial charge in [0.25, 0.3) is 0 Å². The molecule has 0 aliphatic heterocycles. The Balaban J connectivity index is 1.93. The molecule has 3 heteroatoms. The van der Waals surface area contributed by atoms with Gasteiger partial charge in [-0.15, -0.1) is 0 Å². The molecule has 0 aromatic heterocycles. The van der Waals surface area contributed by atoms with E-state index in [1.165, 1.54) is 25.0 Å². The van der Waals surface area contributed by atoms with Gasteiger partial charge in [-0.25, -0.2) is 8.78 Å². The number of benzene rings is 1. The van der Waals surface area contributed by atoms with Crippen LogP contribution in [0.4, 0.5) is 8.78 Å². The molecule has 2 rings (SSSR count). The van der Waals surface area contributed by atoms with Crippen molar-refractivity contribution in [1.29, 1.82) is 0 Å². The van der Waals surface area contributed by atoms with Gasteiger partial charge in [0, 0.05) is 11.6 Å². The quantitative estimate of drug-likeness (QED) is 0.826. The number of rotatable bonds is 5. The maximum Gasteiger partial charge on any atom is 0.128 e. The predicted octanol–water partition coefficient (Wildman–Crippen LogP) is 3.66. The van der Waals surface area contributed by atoms with Crippen LogP contribution >= 0.6 is 0 Å². The highest BCUT2D eigenvalue weighted by Crippen LogP contribution is 2.36. The molecule has 0 spiro atoms. The summed E-state index contributed by atoms with van der Waals surface area (Å²) in [4.78, 5) is 0.